The summed E-state index contributed by atoms with van der Waals surface area (Å²) in [6, 6.07) is -1.76. The summed E-state index contributed by atoms with van der Waals surface area (Å²) in [7, 11) is 0. The number of halogens is 1. The number of amides is 1. The summed E-state index contributed by atoms with van der Waals surface area (Å²) in [6.07, 6.45) is 2.73. The van der Waals surface area contributed by atoms with Crippen LogP contribution in [-0.4, -0.2) is 46.2 Å². The van der Waals surface area contributed by atoms with E-state index in [1.165, 1.54) is 18.7 Å². The maximum atomic E-state index is 13.6. The Morgan fingerprint density at radius 2 is 2.10 bits per heavy atom. The Balaban J connectivity index is 2.11. The number of aliphatic carboxylic acids is 1. The van der Waals surface area contributed by atoms with Crippen molar-refractivity contribution in [1.29, 1.82) is 0 Å². The van der Waals surface area contributed by atoms with Crippen LogP contribution in [0.25, 0.3) is 0 Å². The molecule has 1 heterocycles. The van der Waals surface area contributed by atoms with E-state index in [-0.39, 0.29) is 18.3 Å². The molecule has 1 amide bonds. The van der Waals surface area contributed by atoms with Crippen molar-refractivity contribution in [2.75, 3.05) is 6.54 Å². The number of carboxylic acid groups (broad SMARTS) is 1. The second-order valence-electron chi connectivity index (χ2n) is 6.66. The molecular weight excluding hydrogens is 263 g/mol. The zero-order valence-corrected chi connectivity index (χ0v) is 12.0. The Kier molecular flexibility index (Phi) is 4.04. The molecular formula is C14H23FN2O3. The highest BCUT2D eigenvalue weighted by molar-refractivity contribution is 5.88. The molecule has 2 unspecified atom stereocenters. The minimum atomic E-state index is -1.54. The van der Waals surface area contributed by atoms with Gasteiger partial charge < -0.3 is 15.7 Å². The summed E-state index contributed by atoms with van der Waals surface area (Å²) in [6.45, 7) is 3.18. The van der Waals surface area contributed by atoms with Crippen LogP contribution in [0.4, 0.5) is 4.39 Å². The first-order valence-corrected chi connectivity index (χ1v) is 7.18. The molecule has 0 aromatic rings. The molecule has 6 heteroatoms. The molecule has 2 aliphatic rings. The minimum absolute atomic E-state index is 0.0297. The predicted molar refractivity (Wildman–Crippen MR) is 71.7 cm³/mol. The van der Waals surface area contributed by atoms with Crippen LogP contribution in [0.15, 0.2) is 0 Å². The van der Waals surface area contributed by atoms with Crippen molar-refractivity contribution in [3.63, 3.8) is 0 Å². The second kappa shape index (κ2) is 5.31. The first kappa shape index (κ1) is 15.2. The summed E-state index contributed by atoms with van der Waals surface area (Å²) >= 11 is 0. The number of nitrogens with two attached hydrogens (primary N) is 1. The number of carbonyl (C=O) groups excluding carboxylic acids is 1. The maximum Gasteiger partial charge on any atom is 0.326 e. The van der Waals surface area contributed by atoms with E-state index in [4.69, 9.17) is 5.73 Å². The number of hydrogen-bond acceptors (Lipinski definition) is 3. The predicted octanol–water partition coefficient (Wildman–Crippen LogP) is 1.16. The molecule has 2 rings (SSSR count). The van der Waals surface area contributed by atoms with Gasteiger partial charge in [0.05, 0.1) is 6.04 Å². The lowest BCUT2D eigenvalue weighted by Crippen LogP contribution is -2.51. The van der Waals surface area contributed by atoms with Gasteiger partial charge in [0.1, 0.15) is 11.7 Å². The number of nitrogens with zero attached hydrogens (tertiary/aromatic N) is 1. The summed E-state index contributed by atoms with van der Waals surface area (Å²) < 4.78 is 13.6. The molecule has 1 aliphatic carbocycles. The van der Waals surface area contributed by atoms with Crippen molar-refractivity contribution in [3.8, 4) is 0 Å². The third-order valence-corrected chi connectivity index (χ3v) is 4.45. The van der Waals surface area contributed by atoms with Crippen LogP contribution >= 0.6 is 0 Å². The lowest BCUT2D eigenvalue weighted by Gasteiger charge is -2.28. The Bertz CT molecular complexity index is 408. The quantitative estimate of drug-likeness (QED) is 0.812. The molecule has 114 valence electrons. The van der Waals surface area contributed by atoms with Gasteiger partial charge in [-0.05, 0) is 38.5 Å². The highest BCUT2D eigenvalue weighted by Crippen LogP contribution is 2.42. The molecule has 0 aromatic heterocycles. The lowest BCUT2D eigenvalue weighted by atomic mass is 9.94. The maximum absolute atomic E-state index is 13.6. The fourth-order valence-electron chi connectivity index (χ4n) is 3.67. The highest BCUT2D eigenvalue weighted by atomic mass is 19.1. The highest BCUT2D eigenvalue weighted by Gasteiger charge is 2.50. The van der Waals surface area contributed by atoms with Crippen molar-refractivity contribution < 1.29 is 19.1 Å². The number of rotatable bonds is 4. The number of fused-ring (bicyclic) bond motifs is 1. The van der Waals surface area contributed by atoms with Gasteiger partial charge in [0.15, 0.2) is 0 Å². The van der Waals surface area contributed by atoms with E-state index in [2.05, 4.69) is 0 Å². The SMILES string of the molecule is CC(C)(F)C[C@H](N)C(=O)N1CC2CCCC2[C@H]1C(=O)O. The molecule has 1 saturated heterocycles. The monoisotopic (exact) mass is 286 g/mol. The third kappa shape index (κ3) is 2.95. The first-order valence-electron chi connectivity index (χ1n) is 7.18. The minimum Gasteiger partial charge on any atom is -0.480 e. The van der Waals surface area contributed by atoms with Crippen LogP contribution in [0.5, 0.6) is 0 Å². The normalized spacial score (nSPS) is 31.2. The molecule has 20 heavy (non-hydrogen) atoms. The van der Waals surface area contributed by atoms with Gasteiger partial charge in [0.25, 0.3) is 0 Å². The molecule has 2 fully saturated rings. The number of likely N-dealkylation sites (tertiary alicyclic amines) is 1. The number of alkyl halides is 1. The third-order valence-electron chi connectivity index (χ3n) is 4.45. The van der Waals surface area contributed by atoms with Crippen LogP contribution in [-0.2, 0) is 9.59 Å². The van der Waals surface area contributed by atoms with Crippen molar-refractivity contribution in [3.05, 3.63) is 0 Å². The van der Waals surface area contributed by atoms with Gasteiger partial charge in [0.2, 0.25) is 5.91 Å². The van der Waals surface area contributed by atoms with Crippen molar-refractivity contribution in [1.82, 2.24) is 4.90 Å². The molecule has 1 aliphatic heterocycles. The average molecular weight is 286 g/mol. The van der Waals surface area contributed by atoms with Gasteiger partial charge in [-0.1, -0.05) is 6.42 Å². The zero-order valence-electron chi connectivity index (χ0n) is 12.0. The second-order valence-corrected chi connectivity index (χ2v) is 6.66. The molecule has 1 saturated carbocycles. The lowest BCUT2D eigenvalue weighted by molar-refractivity contribution is -0.150. The molecule has 0 spiro atoms. The molecule has 0 radical (unpaired) electrons. The van der Waals surface area contributed by atoms with Gasteiger partial charge >= 0.3 is 5.97 Å². The van der Waals surface area contributed by atoms with Crippen molar-refractivity contribution in [2.24, 2.45) is 17.6 Å². The molecule has 0 bridgehead atoms. The summed E-state index contributed by atoms with van der Waals surface area (Å²) in [4.78, 5) is 25.2. The Labute approximate surface area is 118 Å². The van der Waals surface area contributed by atoms with E-state index in [1.54, 1.807) is 0 Å². The van der Waals surface area contributed by atoms with E-state index in [9.17, 15) is 19.1 Å². The van der Waals surface area contributed by atoms with Gasteiger partial charge in [-0.2, -0.15) is 0 Å². The topological polar surface area (TPSA) is 83.6 Å². The fraction of sp³-hybridized carbons (Fsp3) is 0.857. The summed E-state index contributed by atoms with van der Waals surface area (Å²) in [5, 5.41) is 9.39. The molecule has 0 aromatic carbocycles. The average Bonchev–Trinajstić information content (AvgIpc) is 2.83. The van der Waals surface area contributed by atoms with E-state index in [0.717, 1.165) is 19.3 Å². The van der Waals surface area contributed by atoms with E-state index in [1.807, 2.05) is 0 Å². The number of carbonyl (C=O) groups is 2. The Morgan fingerprint density at radius 3 is 2.65 bits per heavy atom. The van der Waals surface area contributed by atoms with Gasteiger partial charge in [0, 0.05) is 13.0 Å². The molecule has 3 N–H and O–H groups in total. The largest absolute Gasteiger partial charge is 0.480 e. The van der Waals surface area contributed by atoms with Crippen LogP contribution in [0, 0.1) is 11.8 Å². The Hall–Kier alpha value is -1.17. The van der Waals surface area contributed by atoms with Gasteiger partial charge in [-0.25, -0.2) is 9.18 Å². The first-order chi connectivity index (χ1) is 9.20. The van der Waals surface area contributed by atoms with Gasteiger partial charge in [-0.15, -0.1) is 0 Å². The van der Waals surface area contributed by atoms with Crippen molar-refractivity contribution >= 4 is 11.9 Å². The van der Waals surface area contributed by atoms with E-state index in [0.29, 0.717) is 6.54 Å². The Morgan fingerprint density at radius 1 is 1.45 bits per heavy atom. The smallest absolute Gasteiger partial charge is 0.326 e. The van der Waals surface area contributed by atoms with Crippen LogP contribution in [0.1, 0.15) is 39.5 Å². The molecule has 5 nitrogen and oxygen atoms in total. The number of hydrogen-bond donors (Lipinski definition) is 2. The zero-order chi connectivity index (χ0) is 15.1. The van der Waals surface area contributed by atoms with Crippen LogP contribution in [0.2, 0.25) is 0 Å². The fourth-order valence-corrected chi connectivity index (χ4v) is 3.67. The summed E-state index contributed by atoms with van der Waals surface area (Å²) in [5.74, 6) is -1.12. The van der Waals surface area contributed by atoms with E-state index >= 15 is 0 Å². The number of carboxylic acids is 1. The van der Waals surface area contributed by atoms with E-state index < -0.39 is 29.6 Å². The molecule has 4 atom stereocenters. The van der Waals surface area contributed by atoms with Crippen LogP contribution < -0.4 is 5.73 Å². The van der Waals surface area contributed by atoms with Gasteiger partial charge in [-0.3, -0.25) is 4.79 Å². The van der Waals surface area contributed by atoms with Crippen molar-refractivity contribution in [2.45, 2.75) is 57.3 Å². The standard InChI is InChI=1S/C14H23FN2O3/c1-14(2,15)6-10(16)12(18)17-7-8-4-3-5-9(8)11(17)13(19)20/h8-11H,3-7,16H2,1-2H3,(H,19,20)/t8?,9?,10-,11-/m0/s1. The van der Waals surface area contributed by atoms with Crippen LogP contribution in [0.3, 0.4) is 0 Å². The summed E-state index contributed by atoms with van der Waals surface area (Å²) in [5.41, 5.74) is 4.23.